The largest absolute Gasteiger partial charge is 0.322 e. The average molecular weight is 501 g/mol. The first-order chi connectivity index (χ1) is 16.9. The molecular weight excluding hydrogens is 481 g/mol. The van der Waals surface area contributed by atoms with Gasteiger partial charge in [-0.3, -0.25) is 9.69 Å². The number of benzene rings is 2. The number of carbonyl (C=O) groups is 1. The highest BCUT2D eigenvalue weighted by Gasteiger charge is 2.23. The summed E-state index contributed by atoms with van der Waals surface area (Å²) in [5.41, 5.74) is 0.406. The van der Waals surface area contributed by atoms with Gasteiger partial charge < -0.3 is 10.2 Å². The third-order valence-corrected chi connectivity index (χ3v) is 6.56. The number of halogens is 3. The molecule has 12 heteroatoms. The highest BCUT2D eigenvalue weighted by Crippen LogP contribution is 2.26. The fourth-order valence-corrected chi connectivity index (χ4v) is 4.76. The lowest BCUT2D eigenvalue weighted by molar-refractivity contribution is 0.142. The molecule has 2 aromatic heterocycles. The van der Waals surface area contributed by atoms with Crippen molar-refractivity contribution in [3.05, 3.63) is 82.0 Å². The van der Waals surface area contributed by atoms with Gasteiger partial charge in [-0.15, -0.1) is 0 Å². The van der Waals surface area contributed by atoms with Crippen molar-refractivity contribution < 1.29 is 18.0 Å². The number of carbonyl (C=O) groups excluding carboxylic acids is 1. The van der Waals surface area contributed by atoms with E-state index in [9.17, 15) is 22.8 Å². The lowest BCUT2D eigenvalue weighted by atomic mass is 10.2. The molecule has 0 aliphatic carbocycles. The normalized spacial score (nSPS) is 14.4. The molecule has 0 spiro atoms. The maximum atomic E-state index is 14.1. The summed E-state index contributed by atoms with van der Waals surface area (Å²) >= 11 is 1.13. The molecule has 0 radical (unpaired) electrons. The van der Waals surface area contributed by atoms with Crippen molar-refractivity contribution in [3.8, 4) is 10.6 Å². The van der Waals surface area contributed by atoms with Gasteiger partial charge >= 0.3 is 6.03 Å². The zero-order valence-corrected chi connectivity index (χ0v) is 19.1. The fourth-order valence-electron chi connectivity index (χ4n) is 3.80. The molecule has 0 saturated carbocycles. The third-order valence-electron chi connectivity index (χ3n) is 5.62. The van der Waals surface area contributed by atoms with E-state index in [0.717, 1.165) is 21.9 Å². The minimum Gasteiger partial charge on any atom is -0.322 e. The number of aromatic nitrogens is 3. The summed E-state index contributed by atoms with van der Waals surface area (Å²) in [4.78, 5) is 33.5. The van der Waals surface area contributed by atoms with Crippen molar-refractivity contribution in [2.45, 2.75) is 6.54 Å². The Balaban J connectivity index is 1.24. The second-order valence-corrected chi connectivity index (χ2v) is 8.94. The van der Waals surface area contributed by atoms with Crippen LogP contribution in [0.2, 0.25) is 0 Å². The number of rotatable bonds is 4. The molecule has 8 nitrogen and oxygen atoms in total. The highest BCUT2D eigenvalue weighted by atomic mass is 32.1. The SMILES string of the molecule is O=C(Nc1ccc(F)cc1F)N1CCN(Cc2cc(=O)n3nc(-c4ccccc4F)sc3n2)CC1. The van der Waals surface area contributed by atoms with Gasteiger partial charge in [0.1, 0.15) is 17.5 Å². The van der Waals surface area contributed by atoms with Crippen LogP contribution in [0.15, 0.2) is 53.3 Å². The monoisotopic (exact) mass is 500 g/mol. The number of nitrogens with one attached hydrogen (secondary N) is 1. The van der Waals surface area contributed by atoms with E-state index >= 15 is 0 Å². The summed E-state index contributed by atoms with van der Waals surface area (Å²) < 4.78 is 42.1. The van der Waals surface area contributed by atoms with Gasteiger partial charge in [-0.05, 0) is 24.3 Å². The van der Waals surface area contributed by atoms with E-state index in [-0.39, 0.29) is 11.2 Å². The van der Waals surface area contributed by atoms with E-state index in [1.54, 1.807) is 18.2 Å². The molecule has 35 heavy (non-hydrogen) atoms. The van der Waals surface area contributed by atoms with Crippen LogP contribution in [0, 0.1) is 17.5 Å². The van der Waals surface area contributed by atoms with Crippen LogP contribution < -0.4 is 10.9 Å². The number of anilines is 1. The zero-order valence-electron chi connectivity index (χ0n) is 18.2. The van der Waals surface area contributed by atoms with Crippen LogP contribution in [0.5, 0.6) is 0 Å². The molecule has 180 valence electrons. The van der Waals surface area contributed by atoms with Crippen LogP contribution in [0.1, 0.15) is 5.69 Å². The summed E-state index contributed by atoms with van der Waals surface area (Å²) in [5.74, 6) is -1.99. The van der Waals surface area contributed by atoms with Gasteiger partial charge in [-0.2, -0.15) is 9.61 Å². The van der Waals surface area contributed by atoms with Crippen molar-refractivity contribution in [3.63, 3.8) is 0 Å². The molecule has 4 aromatic rings. The van der Waals surface area contributed by atoms with Gasteiger partial charge in [0.2, 0.25) is 4.96 Å². The molecular formula is C23H19F3N6O2S. The van der Waals surface area contributed by atoms with Crippen molar-refractivity contribution in [1.29, 1.82) is 0 Å². The average Bonchev–Trinajstić information content (AvgIpc) is 3.26. The maximum absolute atomic E-state index is 14.1. The van der Waals surface area contributed by atoms with E-state index in [2.05, 4.69) is 15.4 Å². The van der Waals surface area contributed by atoms with Crippen molar-refractivity contribution >= 4 is 28.0 Å². The van der Waals surface area contributed by atoms with E-state index in [0.29, 0.717) is 60.0 Å². The van der Waals surface area contributed by atoms with E-state index in [1.807, 2.05) is 4.90 Å². The Kier molecular flexibility index (Phi) is 6.22. The lowest BCUT2D eigenvalue weighted by Gasteiger charge is -2.34. The maximum Gasteiger partial charge on any atom is 0.322 e. The Morgan fingerprint density at radius 1 is 1.00 bits per heavy atom. The van der Waals surface area contributed by atoms with Crippen molar-refractivity contribution in [1.82, 2.24) is 24.4 Å². The van der Waals surface area contributed by atoms with Crippen LogP contribution in [0.4, 0.5) is 23.7 Å². The predicted molar refractivity (Wildman–Crippen MR) is 125 cm³/mol. The first-order valence-electron chi connectivity index (χ1n) is 10.8. The molecule has 1 saturated heterocycles. The smallest absolute Gasteiger partial charge is 0.322 e. The Morgan fingerprint density at radius 2 is 1.77 bits per heavy atom. The number of piperazine rings is 1. The highest BCUT2D eigenvalue weighted by molar-refractivity contribution is 7.19. The zero-order chi connectivity index (χ0) is 24.5. The molecule has 2 aromatic carbocycles. The van der Waals surface area contributed by atoms with E-state index in [1.165, 1.54) is 23.1 Å². The number of hydrogen-bond donors (Lipinski definition) is 1. The van der Waals surface area contributed by atoms with E-state index < -0.39 is 23.5 Å². The Bertz CT molecular complexity index is 1470. The molecule has 1 N–H and O–H groups in total. The van der Waals surface area contributed by atoms with Crippen LogP contribution in [0.25, 0.3) is 15.5 Å². The van der Waals surface area contributed by atoms with Gasteiger partial charge in [-0.1, -0.05) is 23.5 Å². The number of amides is 2. The summed E-state index contributed by atoms with van der Waals surface area (Å²) in [6.45, 7) is 2.19. The minimum absolute atomic E-state index is 0.0869. The molecule has 0 bridgehead atoms. The Morgan fingerprint density at radius 3 is 2.51 bits per heavy atom. The van der Waals surface area contributed by atoms with Gasteiger partial charge in [0.15, 0.2) is 5.01 Å². The van der Waals surface area contributed by atoms with Crippen LogP contribution in [0.3, 0.4) is 0 Å². The van der Waals surface area contributed by atoms with Crippen molar-refractivity contribution in [2.75, 3.05) is 31.5 Å². The van der Waals surface area contributed by atoms with Crippen molar-refractivity contribution in [2.24, 2.45) is 0 Å². The molecule has 2 amide bonds. The third kappa shape index (κ3) is 4.88. The van der Waals surface area contributed by atoms with Crippen LogP contribution in [-0.4, -0.2) is 56.6 Å². The molecule has 1 aliphatic heterocycles. The standard InChI is InChI=1S/C23H19F3N6O2S/c24-14-5-6-19(18(26)11-14)28-22(34)31-9-7-30(8-10-31)13-15-12-20(33)32-23(27-15)35-21(29-32)16-3-1-2-4-17(16)25/h1-6,11-12H,7-10,13H2,(H,28,34). The van der Waals surface area contributed by atoms with Gasteiger partial charge in [0, 0.05) is 50.4 Å². The van der Waals surface area contributed by atoms with Crippen LogP contribution >= 0.6 is 11.3 Å². The van der Waals surface area contributed by atoms with E-state index in [4.69, 9.17) is 0 Å². The quantitative estimate of drug-likeness (QED) is 0.463. The van der Waals surface area contributed by atoms with Crippen LogP contribution in [-0.2, 0) is 6.54 Å². The first kappa shape index (κ1) is 23.0. The predicted octanol–water partition coefficient (Wildman–Crippen LogP) is 3.59. The molecule has 1 fully saturated rings. The Labute approximate surface area is 201 Å². The summed E-state index contributed by atoms with van der Waals surface area (Å²) in [6.07, 6.45) is 0. The molecule has 5 rings (SSSR count). The number of fused-ring (bicyclic) bond motifs is 1. The summed E-state index contributed by atoms with van der Waals surface area (Å²) in [7, 11) is 0. The Hall–Kier alpha value is -3.77. The second kappa shape index (κ2) is 9.47. The second-order valence-electron chi connectivity index (χ2n) is 7.98. The summed E-state index contributed by atoms with van der Waals surface area (Å²) in [6, 6.07) is 10.1. The van der Waals surface area contributed by atoms with Gasteiger partial charge in [-0.25, -0.2) is 22.9 Å². The number of nitrogens with zero attached hydrogens (tertiary/aromatic N) is 5. The number of hydrogen-bond acceptors (Lipinski definition) is 6. The topological polar surface area (TPSA) is 82.8 Å². The van der Waals surface area contributed by atoms with Gasteiger partial charge in [0.25, 0.3) is 5.56 Å². The molecule has 3 heterocycles. The molecule has 0 atom stereocenters. The minimum atomic E-state index is -0.842. The molecule has 1 aliphatic rings. The fraction of sp³-hybridized carbons (Fsp3) is 0.217. The number of urea groups is 1. The van der Waals surface area contributed by atoms with Gasteiger partial charge in [0.05, 0.1) is 11.4 Å². The first-order valence-corrected chi connectivity index (χ1v) is 11.6. The lowest BCUT2D eigenvalue weighted by Crippen LogP contribution is -2.49. The molecule has 0 unspecified atom stereocenters. The summed E-state index contributed by atoms with van der Waals surface area (Å²) in [5, 5.41) is 7.03.